The first kappa shape index (κ1) is 48.5. The standard InChI is InChI=1S/C45H74O18/c1-19(16-46)8-13-45(56)20(2)30-27(63-45)15-26-24-7-6-22-14-23(9-11-43(22,4)25(24)10-12-44(26,30)5)58-42-39(62-40-35(53)33(51)31(49)21(3)57-40)37(55)38(29(18-48)60-42)61-41-36(54)34(52)32(50)28(17-47)59-41/h6,19-21,23-42,46-56H,7-18H2,1-5H3/t19-,20+,21?,23?,24-,25+,26+,27?,28?,29?,30+,31+,32-,33?,34?,35+,36+,37?,38-,39+,40+,41+,42-,43+,44+,45?/m1/s1. The molecule has 0 amide bonds. The van der Waals surface area contributed by atoms with Crippen molar-refractivity contribution in [3.8, 4) is 0 Å². The second-order valence-corrected chi connectivity index (χ2v) is 21.0. The third-order valence-corrected chi connectivity index (χ3v) is 17.4. The van der Waals surface area contributed by atoms with E-state index < -0.39 is 117 Å². The van der Waals surface area contributed by atoms with Gasteiger partial charge in [-0.25, -0.2) is 0 Å². The van der Waals surface area contributed by atoms with Crippen LogP contribution in [0.4, 0.5) is 0 Å². The lowest BCUT2D eigenvalue weighted by atomic mass is 9.47. The minimum atomic E-state index is -1.83. The predicted molar refractivity (Wildman–Crippen MR) is 218 cm³/mol. The highest BCUT2D eigenvalue weighted by Gasteiger charge is 2.68. The van der Waals surface area contributed by atoms with Crippen LogP contribution in [0, 0.1) is 46.3 Å². The molecule has 4 aliphatic heterocycles. The van der Waals surface area contributed by atoms with Gasteiger partial charge in [-0.1, -0.05) is 39.3 Å². The quantitative estimate of drug-likeness (QED) is 0.107. The van der Waals surface area contributed by atoms with Gasteiger partial charge in [0.15, 0.2) is 24.7 Å². The molecule has 0 aromatic rings. The summed E-state index contributed by atoms with van der Waals surface area (Å²) in [5.74, 6) is 0.492. The Bertz CT molecular complexity index is 1600. The van der Waals surface area contributed by atoms with Crippen molar-refractivity contribution in [1.29, 1.82) is 0 Å². The van der Waals surface area contributed by atoms with Crippen LogP contribution in [0.3, 0.4) is 0 Å². The van der Waals surface area contributed by atoms with Crippen LogP contribution in [0.2, 0.25) is 0 Å². The van der Waals surface area contributed by atoms with E-state index in [9.17, 15) is 56.2 Å². The lowest BCUT2D eigenvalue weighted by Gasteiger charge is -2.58. The number of hydrogen-bond acceptors (Lipinski definition) is 18. The van der Waals surface area contributed by atoms with Crippen LogP contribution in [0.25, 0.3) is 0 Å². The second kappa shape index (κ2) is 18.5. The number of aliphatic hydroxyl groups excluding tert-OH is 10. The van der Waals surface area contributed by atoms with Crippen LogP contribution >= 0.6 is 0 Å². The van der Waals surface area contributed by atoms with Gasteiger partial charge in [0, 0.05) is 18.9 Å². The molecule has 63 heavy (non-hydrogen) atoms. The van der Waals surface area contributed by atoms with Gasteiger partial charge in [-0.3, -0.25) is 0 Å². The van der Waals surface area contributed by atoms with E-state index in [1.54, 1.807) is 0 Å². The maximum Gasteiger partial charge on any atom is 0.187 e. The van der Waals surface area contributed by atoms with Gasteiger partial charge in [-0.15, -0.1) is 0 Å². The number of ether oxygens (including phenoxy) is 7. The molecule has 0 bridgehead atoms. The van der Waals surface area contributed by atoms with Gasteiger partial charge < -0.3 is 89.3 Å². The van der Waals surface area contributed by atoms with Crippen molar-refractivity contribution in [3.63, 3.8) is 0 Å². The van der Waals surface area contributed by atoms with Crippen molar-refractivity contribution >= 4 is 0 Å². The average Bonchev–Trinajstić information content (AvgIpc) is 3.70. The summed E-state index contributed by atoms with van der Waals surface area (Å²) in [5.41, 5.74) is 1.22. The van der Waals surface area contributed by atoms with Gasteiger partial charge in [0.1, 0.15) is 67.1 Å². The Morgan fingerprint density at radius 3 is 2.06 bits per heavy atom. The molecule has 4 heterocycles. The number of aliphatic hydroxyl groups is 11. The van der Waals surface area contributed by atoms with Gasteiger partial charge >= 0.3 is 0 Å². The topological polar surface area (TPSA) is 287 Å². The number of rotatable bonds is 12. The van der Waals surface area contributed by atoms with Crippen LogP contribution < -0.4 is 0 Å². The van der Waals surface area contributed by atoms with Crippen molar-refractivity contribution in [2.45, 2.75) is 203 Å². The lowest BCUT2D eigenvalue weighted by Crippen LogP contribution is -2.67. The second-order valence-electron chi connectivity index (χ2n) is 21.0. The molecule has 4 saturated heterocycles. The van der Waals surface area contributed by atoms with Crippen molar-refractivity contribution in [2.24, 2.45) is 46.3 Å². The molecule has 11 N–H and O–H groups in total. The Balaban J connectivity index is 0.984. The fraction of sp³-hybridized carbons (Fsp3) is 0.956. The highest BCUT2D eigenvalue weighted by molar-refractivity contribution is 5.26. The molecule has 8 rings (SSSR count). The van der Waals surface area contributed by atoms with E-state index in [-0.39, 0.29) is 41.3 Å². The molecule has 362 valence electrons. The molecule has 3 saturated carbocycles. The monoisotopic (exact) mass is 902 g/mol. The number of hydrogen-bond donors (Lipinski definition) is 11. The maximum absolute atomic E-state index is 12.0. The molecular weight excluding hydrogens is 828 g/mol. The predicted octanol–water partition coefficient (Wildman–Crippen LogP) is -0.831. The molecule has 0 radical (unpaired) electrons. The molecule has 0 aromatic heterocycles. The van der Waals surface area contributed by atoms with Gasteiger partial charge in [-0.05, 0) is 98.7 Å². The van der Waals surface area contributed by atoms with E-state index in [1.165, 1.54) is 12.5 Å². The summed E-state index contributed by atoms with van der Waals surface area (Å²) in [6.45, 7) is 9.05. The van der Waals surface area contributed by atoms with Crippen LogP contribution in [0.1, 0.15) is 92.4 Å². The molecule has 18 heteroatoms. The lowest BCUT2D eigenvalue weighted by molar-refractivity contribution is -0.389. The molecule has 0 aromatic carbocycles. The van der Waals surface area contributed by atoms with E-state index in [4.69, 9.17) is 33.2 Å². The summed E-state index contributed by atoms with van der Waals surface area (Å²) in [6.07, 6.45) is -14.1. The van der Waals surface area contributed by atoms with E-state index in [0.29, 0.717) is 43.4 Å². The molecule has 7 fully saturated rings. The van der Waals surface area contributed by atoms with Crippen molar-refractivity contribution in [3.05, 3.63) is 11.6 Å². The highest BCUT2D eigenvalue weighted by Crippen LogP contribution is 2.70. The third-order valence-electron chi connectivity index (χ3n) is 17.4. The van der Waals surface area contributed by atoms with Crippen LogP contribution in [0.5, 0.6) is 0 Å². The molecule has 8 aliphatic rings. The summed E-state index contributed by atoms with van der Waals surface area (Å²) in [7, 11) is 0. The van der Waals surface area contributed by atoms with Gasteiger partial charge in [0.05, 0.1) is 31.5 Å². The van der Waals surface area contributed by atoms with Crippen molar-refractivity contribution in [1.82, 2.24) is 0 Å². The van der Waals surface area contributed by atoms with E-state index >= 15 is 0 Å². The zero-order valence-electron chi connectivity index (χ0n) is 37.1. The maximum atomic E-state index is 12.0. The summed E-state index contributed by atoms with van der Waals surface area (Å²) in [5, 5.41) is 117. The normalized spacial score (nSPS) is 55.0. The van der Waals surface area contributed by atoms with Crippen LogP contribution in [-0.4, -0.2) is 186 Å². The fourth-order valence-corrected chi connectivity index (χ4v) is 13.5. The van der Waals surface area contributed by atoms with Crippen LogP contribution in [-0.2, 0) is 33.2 Å². The Morgan fingerprint density at radius 1 is 0.730 bits per heavy atom. The highest BCUT2D eigenvalue weighted by atomic mass is 16.8. The number of fused-ring (bicyclic) bond motifs is 7. The minimum absolute atomic E-state index is 0.00636. The molecule has 18 nitrogen and oxygen atoms in total. The number of allylic oxidation sites excluding steroid dienone is 1. The van der Waals surface area contributed by atoms with E-state index in [1.807, 2.05) is 6.92 Å². The Morgan fingerprint density at radius 2 is 1.38 bits per heavy atom. The third kappa shape index (κ3) is 8.41. The fourth-order valence-electron chi connectivity index (χ4n) is 13.5. The zero-order valence-corrected chi connectivity index (χ0v) is 37.1. The molecule has 26 atom stereocenters. The molecule has 4 aliphatic carbocycles. The Hall–Kier alpha value is -0.980. The molecule has 0 spiro atoms. The first-order chi connectivity index (χ1) is 29.8. The van der Waals surface area contributed by atoms with E-state index in [2.05, 4.69) is 26.8 Å². The smallest absolute Gasteiger partial charge is 0.187 e. The zero-order chi connectivity index (χ0) is 45.5. The minimum Gasteiger partial charge on any atom is -0.396 e. The first-order valence-electron chi connectivity index (χ1n) is 23.4. The molecular formula is C45H74O18. The van der Waals surface area contributed by atoms with Gasteiger partial charge in [0.2, 0.25) is 0 Å². The van der Waals surface area contributed by atoms with Crippen molar-refractivity contribution in [2.75, 3.05) is 19.8 Å². The average molecular weight is 903 g/mol. The van der Waals surface area contributed by atoms with Gasteiger partial charge in [-0.2, -0.15) is 0 Å². The summed E-state index contributed by atoms with van der Waals surface area (Å²) in [6, 6.07) is 0. The summed E-state index contributed by atoms with van der Waals surface area (Å²) in [4.78, 5) is 0. The molecule has 9 unspecified atom stereocenters. The summed E-state index contributed by atoms with van der Waals surface area (Å²) < 4.78 is 42.9. The van der Waals surface area contributed by atoms with Gasteiger partial charge in [0.25, 0.3) is 0 Å². The van der Waals surface area contributed by atoms with E-state index in [0.717, 1.165) is 32.1 Å². The van der Waals surface area contributed by atoms with Crippen molar-refractivity contribution < 1.29 is 89.3 Å². The summed E-state index contributed by atoms with van der Waals surface area (Å²) >= 11 is 0. The SMILES string of the molecule is CC1O[C@@H](O[C@H]2C(O)[C@H](O[C@@H]3OC(CO)[C@@H](O)C(O)[C@@H]3O)C(CO)O[C@H]2OC2CC[C@@]3(C)C(=CC[C@H]4[C@@H]5CC6OC(O)(CC[C@@H](C)CO)[C@@H](C)[C@@H]6[C@@]5(C)CC[C@@H]43)C2)[C@@H](O)C(O)[C@H]1O. The van der Waals surface area contributed by atoms with Crippen LogP contribution in [0.15, 0.2) is 11.6 Å². The first-order valence-corrected chi connectivity index (χ1v) is 23.4. The Labute approximate surface area is 369 Å². The largest absolute Gasteiger partial charge is 0.396 e. The Kier molecular flexibility index (Phi) is 14.2.